The summed E-state index contributed by atoms with van der Waals surface area (Å²) in [5.74, 6) is 0.0272. The molecule has 0 aromatic carbocycles. The van der Waals surface area contributed by atoms with Gasteiger partial charge in [0.15, 0.2) is 0 Å². The fraction of sp³-hybridized carbons (Fsp3) is 0.500. The molecule has 2 rings (SSSR count). The number of amides is 1. The van der Waals surface area contributed by atoms with Gasteiger partial charge in [-0.05, 0) is 25.3 Å². The molecule has 0 spiro atoms. The molecule has 2 heterocycles. The number of aromatic nitrogens is 2. The first kappa shape index (κ1) is 12.5. The van der Waals surface area contributed by atoms with Gasteiger partial charge in [0.25, 0.3) is 5.91 Å². The first-order valence-corrected chi connectivity index (χ1v) is 5.99. The number of H-pyrrole nitrogens is 1. The van der Waals surface area contributed by atoms with E-state index < -0.39 is 0 Å². The number of rotatable bonds is 5. The Hall–Kier alpha value is -1.98. The number of hydrogen-bond acceptors (Lipinski definition) is 4. The molecule has 0 radical (unpaired) electrons. The number of hydrogen-bond donors (Lipinski definition) is 2. The summed E-state index contributed by atoms with van der Waals surface area (Å²) in [7, 11) is 0. The minimum Gasteiger partial charge on any atom is -0.494 e. The maximum absolute atomic E-state index is 11.6. The normalized spacial score (nSPS) is 14.4. The van der Waals surface area contributed by atoms with Gasteiger partial charge in [0.05, 0.1) is 6.20 Å². The number of ether oxygens (including phenoxy) is 2. The lowest BCUT2D eigenvalue weighted by Crippen LogP contribution is -2.29. The zero-order valence-electron chi connectivity index (χ0n) is 10.4. The number of carbonyl (C=O) groups excluding carboxylic acids is 1. The molecule has 18 heavy (non-hydrogen) atoms. The summed E-state index contributed by atoms with van der Waals surface area (Å²) in [6, 6.07) is 0. The van der Waals surface area contributed by atoms with E-state index in [0.717, 1.165) is 18.5 Å². The van der Waals surface area contributed by atoms with E-state index in [1.165, 1.54) is 11.8 Å². The molecular weight excluding hydrogens is 234 g/mol. The van der Waals surface area contributed by atoms with Gasteiger partial charge in [-0.1, -0.05) is 0 Å². The van der Waals surface area contributed by atoms with Gasteiger partial charge in [-0.15, -0.1) is 0 Å². The maximum atomic E-state index is 11.6. The molecule has 2 N–H and O–H groups in total. The number of nitrogens with one attached hydrogen (secondary N) is 2. The zero-order valence-corrected chi connectivity index (χ0v) is 10.4. The van der Waals surface area contributed by atoms with Gasteiger partial charge in [0.2, 0.25) is 5.76 Å². The molecule has 1 aliphatic rings. The van der Waals surface area contributed by atoms with Crippen molar-refractivity contribution in [3.63, 3.8) is 0 Å². The van der Waals surface area contributed by atoms with E-state index in [2.05, 4.69) is 15.5 Å². The quantitative estimate of drug-likeness (QED) is 0.754. The standard InChI is InChI=1S/C12H17N3O3/c1-9-10(7-14-15-9)3-2-4-13-12(16)11-8-17-5-6-18-11/h7-8H,2-6H2,1H3,(H,13,16)(H,14,15). The number of aromatic amines is 1. The second-order valence-corrected chi connectivity index (χ2v) is 4.08. The molecule has 0 atom stereocenters. The van der Waals surface area contributed by atoms with E-state index in [9.17, 15) is 4.79 Å². The summed E-state index contributed by atoms with van der Waals surface area (Å²) >= 11 is 0. The van der Waals surface area contributed by atoms with Crippen molar-refractivity contribution in [1.82, 2.24) is 15.5 Å². The summed E-state index contributed by atoms with van der Waals surface area (Å²) in [5, 5.41) is 9.63. The van der Waals surface area contributed by atoms with Gasteiger partial charge in [-0.25, -0.2) is 0 Å². The zero-order chi connectivity index (χ0) is 12.8. The van der Waals surface area contributed by atoms with Crippen LogP contribution in [0.15, 0.2) is 18.2 Å². The average Bonchev–Trinajstić information content (AvgIpc) is 2.81. The summed E-state index contributed by atoms with van der Waals surface area (Å²) in [5.41, 5.74) is 2.26. The van der Waals surface area contributed by atoms with E-state index in [0.29, 0.717) is 19.8 Å². The third-order valence-corrected chi connectivity index (χ3v) is 2.72. The highest BCUT2D eigenvalue weighted by atomic mass is 16.6. The van der Waals surface area contributed by atoms with Gasteiger partial charge in [-0.3, -0.25) is 9.89 Å². The van der Waals surface area contributed by atoms with Crippen molar-refractivity contribution >= 4 is 5.91 Å². The predicted octanol–water partition coefficient (Wildman–Crippen LogP) is 0.655. The second-order valence-electron chi connectivity index (χ2n) is 4.08. The molecule has 6 heteroatoms. The summed E-state index contributed by atoms with van der Waals surface area (Å²) in [4.78, 5) is 11.6. The predicted molar refractivity (Wildman–Crippen MR) is 64.6 cm³/mol. The van der Waals surface area contributed by atoms with Gasteiger partial charge < -0.3 is 14.8 Å². The van der Waals surface area contributed by atoms with Crippen LogP contribution in [0.3, 0.4) is 0 Å². The van der Waals surface area contributed by atoms with Crippen molar-refractivity contribution in [1.29, 1.82) is 0 Å². The number of aryl methyl sites for hydroxylation is 2. The van der Waals surface area contributed by atoms with Crippen molar-refractivity contribution < 1.29 is 14.3 Å². The van der Waals surface area contributed by atoms with Crippen LogP contribution >= 0.6 is 0 Å². The maximum Gasteiger partial charge on any atom is 0.289 e. The molecule has 98 valence electrons. The van der Waals surface area contributed by atoms with E-state index >= 15 is 0 Å². The number of carbonyl (C=O) groups is 1. The van der Waals surface area contributed by atoms with E-state index in [1.807, 2.05) is 13.1 Å². The largest absolute Gasteiger partial charge is 0.494 e. The lowest BCUT2D eigenvalue weighted by Gasteiger charge is -2.14. The van der Waals surface area contributed by atoms with Gasteiger partial charge in [0, 0.05) is 12.2 Å². The minimum atomic E-state index is -0.224. The Morgan fingerprint density at radius 2 is 2.44 bits per heavy atom. The Bertz CT molecular complexity index is 440. The van der Waals surface area contributed by atoms with Crippen molar-refractivity contribution in [2.45, 2.75) is 19.8 Å². The molecular formula is C12H17N3O3. The van der Waals surface area contributed by atoms with Crippen LogP contribution in [0.1, 0.15) is 17.7 Å². The lowest BCUT2D eigenvalue weighted by molar-refractivity contribution is -0.122. The Morgan fingerprint density at radius 1 is 1.56 bits per heavy atom. The van der Waals surface area contributed by atoms with Crippen LogP contribution < -0.4 is 5.32 Å². The van der Waals surface area contributed by atoms with Crippen molar-refractivity contribution in [2.24, 2.45) is 0 Å². The third kappa shape index (κ3) is 3.26. The van der Waals surface area contributed by atoms with E-state index in [4.69, 9.17) is 9.47 Å². The lowest BCUT2D eigenvalue weighted by atomic mass is 10.1. The highest BCUT2D eigenvalue weighted by Gasteiger charge is 2.13. The van der Waals surface area contributed by atoms with Crippen LogP contribution in [-0.4, -0.2) is 35.9 Å². The topological polar surface area (TPSA) is 76.2 Å². The van der Waals surface area contributed by atoms with Crippen LogP contribution in [0.25, 0.3) is 0 Å². The molecule has 1 aromatic rings. The molecule has 0 fully saturated rings. The van der Waals surface area contributed by atoms with Crippen LogP contribution in [-0.2, 0) is 20.7 Å². The fourth-order valence-corrected chi connectivity index (χ4v) is 1.68. The fourth-order valence-electron chi connectivity index (χ4n) is 1.68. The summed E-state index contributed by atoms with van der Waals surface area (Å²) in [6.07, 6.45) is 4.93. The molecule has 1 aliphatic heterocycles. The van der Waals surface area contributed by atoms with Crippen LogP contribution in [0, 0.1) is 6.92 Å². The van der Waals surface area contributed by atoms with Gasteiger partial charge in [-0.2, -0.15) is 5.10 Å². The van der Waals surface area contributed by atoms with Crippen molar-refractivity contribution in [3.8, 4) is 0 Å². The first-order valence-electron chi connectivity index (χ1n) is 5.99. The Balaban J connectivity index is 1.68. The molecule has 0 bridgehead atoms. The third-order valence-electron chi connectivity index (χ3n) is 2.72. The molecule has 1 aromatic heterocycles. The molecule has 6 nitrogen and oxygen atoms in total. The Kier molecular flexibility index (Phi) is 4.22. The summed E-state index contributed by atoms with van der Waals surface area (Å²) in [6.45, 7) is 3.51. The van der Waals surface area contributed by atoms with E-state index in [1.54, 1.807) is 0 Å². The Labute approximate surface area is 105 Å². The molecule has 0 aliphatic carbocycles. The molecule has 0 saturated heterocycles. The smallest absolute Gasteiger partial charge is 0.289 e. The minimum absolute atomic E-state index is 0.224. The Morgan fingerprint density at radius 3 is 3.11 bits per heavy atom. The van der Waals surface area contributed by atoms with Gasteiger partial charge in [0.1, 0.15) is 19.5 Å². The van der Waals surface area contributed by atoms with Crippen molar-refractivity contribution in [3.05, 3.63) is 29.5 Å². The average molecular weight is 251 g/mol. The second kappa shape index (κ2) is 6.09. The number of nitrogens with zero attached hydrogens (tertiary/aromatic N) is 1. The molecule has 0 unspecified atom stereocenters. The highest BCUT2D eigenvalue weighted by molar-refractivity contribution is 5.91. The monoisotopic (exact) mass is 251 g/mol. The molecule has 0 saturated carbocycles. The van der Waals surface area contributed by atoms with Crippen LogP contribution in [0.5, 0.6) is 0 Å². The highest BCUT2D eigenvalue weighted by Crippen LogP contribution is 2.06. The first-order chi connectivity index (χ1) is 8.77. The van der Waals surface area contributed by atoms with Gasteiger partial charge >= 0.3 is 0 Å². The summed E-state index contributed by atoms with van der Waals surface area (Å²) < 4.78 is 10.2. The van der Waals surface area contributed by atoms with Crippen LogP contribution in [0.4, 0.5) is 0 Å². The SMILES string of the molecule is Cc1[nH]ncc1CCCNC(=O)C1=COCCO1. The van der Waals surface area contributed by atoms with Crippen LogP contribution in [0.2, 0.25) is 0 Å². The van der Waals surface area contributed by atoms with E-state index in [-0.39, 0.29) is 11.7 Å². The molecule has 1 amide bonds. The van der Waals surface area contributed by atoms with Crippen molar-refractivity contribution in [2.75, 3.05) is 19.8 Å².